The Bertz CT molecular complexity index is 596. The molecule has 0 atom stereocenters. The predicted molar refractivity (Wildman–Crippen MR) is 73.4 cm³/mol. The van der Waals surface area contributed by atoms with E-state index in [1.165, 1.54) is 5.56 Å². The molecule has 1 aromatic carbocycles. The van der Waals surface area contributed by atoms with Crippen molar-refractivity contribution in [2.24, 2.45) is 5.73 Å². The zero-order chi connectivity index (χ0) is 13.3. The van der Waals surface area contributed by atoms with E-state index in [0.29, 0.717) is 5.56 Å². The molecular weight excluding hydrogens is 224 g/mol. The number of rotatable bonds is 3. The van der Waals surface area contributed by atoms with Crippen LogP contribution in [0.1, 0.15) is 29.4 Å². The van der Waals surface area contributed by atoms with Gasteiger partial charge in [-0.1, -0.05) is 19.1 Å². The summed E-state index contributed by atoms with van der Waals surface area (Å²) in [5, 5.41) is 12.2. The fourth-order valence-corrected chi connectivity index (χ4v) is 2.31. The molecule has 0 aliphatic carbocycles. The summed E-state index contributed by atoms with van der Waals surface area (Å²) in [6, 6.07) is 7.60. The number of nitrogens with one attached hydrogen (secondary N) is 1. The molecule has 4 nitrogen and oxygen atoms in total. The lowest BCUT2D eigenvalue weighted by atomic mass is 10.1. The number of nitrogens with two attached hydrogens (primary N) is 1. The average molecular weight is 242 g/mol. The number of hydrogen-bond acceptors (Lipinski definition) is 2. The molecule has 0 unspecified atom stereocenters. The van der Waals surface area contributed by atoms with Gasteiger partial charge < -0.3 is 5.73 Å². The maximum Gasteiger partial charge on any atom is 0.124 e. The maximum atomic E-state index is 7.64. The first-order valence-corrected chi connectivity index (χ1v) is 6.05. The summed E-state index contributed by atoms with van der Waals surface area (Å²) in [4.78, 5) is 0. The van der Waals surface area contributed by atoms with Crippen LogP contribution in [0.3, 0.4) is 0 Å². The minimum Gasteiger partial charge on any atom is -0.384 e. The van der Waals surface area contributed by atoms with Gasteiger partial charge in [-0.2, -0.15) is 5.10 Å². The highest BCUT2D eigenvalue weighted by Crippen LogP contribution is 2.20. The summed E-state index contributed by atoms with van der Waals surface area (Å²) in [6.07, 6.45) is 0.958. The summed E-state index contributed by atoms with van der Waals surface area (Å²) in [6.45, 7) is 6.19. The minimum atomic E-state index is 0.0659. The van der Waals surface area contributed by atoms with Crippen LogP contribution in [0.5, 0.6) is 0 Å². The van der Waals surface area contributed by atoms with E-state index in [1.54, 1.807) is 0 Å². The largest absolute Gasteiger partial charge is 0.384 e. The van der Waals surface area contributed by atoms with Gasteiger partial charge in [-0.3, -0.25) is 5.41 Å². The highest BCUT2D eigenvalue weighted by atomic mass is 15.3. The molecule has 4 heteroatoms. The van der Waals surface area contributed by atoms with Crippen molar-refractivity contribution in [3.63, 3.8) is 0 Å². The highest BCUT2D eigenvalue weighted by molar-refractivity contribution is 5.98. The quantitative estimate of drug-likeness (QED) is 0.640. The molecule has 0 radical (unpaired) electrons. The Morgan fingerprint density at radius 1 is 1.33 bits per heavy atom. The fraction of sp³-hybridized carbons (Fsp3) is 0.286. The number of hydrogen-bond donors (Lipinski definition) is 2. The minimum absolute atomic E-state index is 0.0659. The van der Waals surface area contributed by atoms with Gasteiger partial charge in [0.1, 0.15) is 5.84 Å². The lowest BCUT2D eigenvalue weighted by molar-refractivity contribution is 0.830. The van der Waals surface area contributed by atoms with Crippen LogP contribution >= 0.6 is 0 Å². The number of nitrogens with zero attached hydrogens (tertiary/aromatic N) is 2. The molecule has 0 saturated heterocycles. The third kappa shape index (κ3) is 1.90. The Labute approximate surface area is 107 Å². The summed E-state index contributed by atoms with van der Waals surface area (Å²) in [5.74, 6) is 0.0659. The average Bonchev–Trinajstić information content (AvgIpc) is 2.64. The molecular formula is C14H18N4. The highest BCUT2D eigenvalue weighted by Gasteiger charge is 2.14. The molecule has 0 spiro atoms. The first-order valence-electron chi connectivity index (χ1n) is 6.05. The lowest BCUT2D eigenvalue weighted by Crippen LogP contribution is -2.15. The molecule has 0 amide bonds. The third-order valence-electron chi connectivity index (χ3n) is 3.22. The van der Waals surface area contributed by atoms with E-state index in [4.69, 9.17) is 11.1 Å². The van der Waals surface area contributed by atoms with Crippen LogP contribution in [0.25, 0.3) is 5.69 Å². The summed E-state index contributed by atoms with van der Waals surface area (Å²) >= 11 is 0. The van der Waals surface area contributed by atoms with Crippen LogP contribution in [-0.4, -0.2) is 15.6 Å². The van der Waals surface area contributed by atoms with Gasteiger partial charge in [0.2, 0.25) is 0 Å². The fourth-order valence-electron chi connectivity index (χ4n) is 2.31. The number of para-hydroxylation sites is 1. The van der Waals surface area contributed by atoms with E-state index in [2.05, 4.69) is 18.9 Å². The molecule has 0 saturated carbocycles. The SMILES string of the molecule is CCc1c(C)nn(-c2ccccc2C(=N)N)c1C. The Kier molecular flexibility index (Phi) is 3.19. The molecule has 2 rings (SSSR count). The standard InChI is InChI=1S/C14H18N4/c1-4-11-9(2)17-18(10(11)3)13-8-6-5-7-12(13)14(15)16/h5-8H,4H2,1-3H3,(H3,15,16). The zero-order valence-corrected chi connectivity index (χ0v) is 11.0. The van der Waals surface area contributed by atoms with Gasteiger partial charge in [0, 0.05) is 11.3 Å². The van der Waals surface area contributed by atoms with Crippen molar-refractivity contribution in [1.82, 2.24) is 9.78 Å². The van der Waals surface area contributed by atoms with Gasteiger partial charge in [0.05, 0.1) is 11.4 Å². The second-order valence-corrected chi connectivity index (χ2v) is 4.35. The number of nitrogen functional groups attached to an aromatic ring is 1. The molecule has 94 valence electrons. The Morgan fingerprint density at radius 3 is 2.56 bits per heavy atom. The van der Waals surface area contributed by atoms with E-state index >= 15 is 0 Å². The van der Waals surface area contributed by atoms with Crippen LogP contribution in [0.2, 0.25) is 0 Å². The first kappa shape index (κ1) is 12.4. The van der Waals surface area contributed by atoms with Gasteiger partial charge in [0.25, 0.3) is 0 Å². The van der Waals surface area contributed by atoms with E-state index in [9.17, 15) is 0 Å². The van der Waals surface area contributed by atoms with Crippen LogP contribution in [0.15, 0.2) is 24.3 Å². The summed E-state index contributed by atoms with van der Waals surface area (Å²) < 4.78 is 1.88. The van der Waals surface area contributed by atoms with Crippen molar-refractivity contribution in [3.05, 3.63) is 46.8 Å². The van der Waals surface area contributed by atoms with Crippen molar-refractivity contribution < 1.29 is 0 Å². The Balaban J connectivity index is 2.66. The van der Waals surface area contributed by atoms with Gasteiger partial charge in [-0.15, -0.1) is 0 Å². The maximum absolute atomic E-state index is 7.64. The van der Waals surface area contributed by atoms with E-state index < -0.39 is 0 Å². The van der Waals surface area contributed by atoms with E-state index in [0.717, 1.165) is 23.5 Å². The summed E-state index contributed by atoms with van der Waals surface area (Å²) in [7, 11) is 0. The molecule has 0 bridgehead atoms. The van der Waals surface area contributed by atoms with Gasteiger partial charge in [-0.25, -0.2) is 4.68 Å². The predicted octanol–water partition coefficient (Wildman–Crippen LogP) is 2.34. The molecule has 0 aliphatic heterocycles. The molecule has 1 heterocycles. The van der Waals surface area contributed by atoms with Crippen molar-refractivity contribution in [1.29, 1.82) is 5.41 Å². The monoisotopic (exact) mass is 242 g/mol. The number of aryl methyl sites for hydroxylation is 1. The molecule has 3 N–H and O–H groups in total. The molecule has 18 heavy (non-hydrogen) atoms. The summed E-state index contributed by atoms with van der Waals surface area (Å²) in [5.41, 5.74) is 10.6. The van der Waals surface area contributed by atoms with Crippen molar-refractivity contribution in [3.8, 4) is 5.69 Å². The van der Waals surface area contributed by atoms with Gasteiger partial charge in [0.15, 0.2) is 0 Å². The molecule has 0 aliphatic rings. The Hall–Kier alpha value is -2.10. The van der Waals surface area contributed by atoms with Gasteiger partial charge in [-0.05, 0) is 38.0 Å². The van der Waals surface area contributed by atoms with Crippen LogP contribution < -0.4 is 5.73 Å². The van der Waals surface area contributed by atoms with E-state index in [-0.39, 0.29) is 5.84 Å². The normalized spacial score (nSPS) is 10.6. The first-order chi connectivity index (χ1) is 8.56. The number of amidine groups is 1. The smallest absolute Gasteiger partial charge is 0.124 e. The topological polar surface area (TPSA) is 67.7 Å². The van der Waals surface area contributed by atoms with Crippen molar-refractivity contribution in [2.45, 2.75) is 27.2 Å². The molecule has 1 aromatic heterocycles. The molecule has 2 aromatic rings. The van der Waals surface area contributed by atoms with Crippen molar-refractivity contribution >= 4 is 5.84 Å². The second-order valence-electron chi connectivity index (χ2n) is 4.35. The van der Waals surface area contributed by atoms with Crippen LogP contribution in [0.4, 0.5) is 0 Å². The molecule has 0 fully saturated rings. The van der Waals surface area contributed by atoms with Crippen LogP contribution in [-0.2, 0) is 6.42 Å². The number of benzene rings is 1. The Morgan fingerprint density at radius 2 is 2.00 bits per heavy atom. The zero-order valence-electron chi connectivity index (χ0n) is 11.0. The van der Waals surface area contributed by atoms with Crippen molar-refractivity contribution in [2.75, 3.05) is 0 Å². The van der Waals surface area contributed by atoms with Gasteiger partial charge >= 0.3 is 0 Å². The lowest BCUT2D eigenvalue weighted by Gasteiger charge is -2.10. The number of aromatic nitrogens is 2. The second kappa shape index (κ2) is 4.64. The van der Waals surface area contributed by atoms with E-state index in [1.807, 2.05) is 35.9 Å². The van der Waals surface area contributed by atoms with Crippen LogP contribution in [0, 0.1) is 19.3 Å². The third-order valence-corrected chi connectivity index (χ3v) is 3.22.